The lowest BCUT2D eigenvalue weighted by atomic mass is 10.0. The number of aryl methyl sites for hydroxylation is 1. The fourth-order valence-corrected chi connectivity index (χ4v) is 4.29. The van der Waals surface area contributed by atoms with Crippen LogP contribution in [0.2, 0.25) is 0 Å². The van der Waals surface area contributed by atoms with Crippen LogP contribution in [-0.4, -0.2) is 34.0 Å². The Morgan fingerprint density at radius 2 is 2.18 bits per heavy atom. The highest BCUT2D eigenvalue weighted by Crippen LogP contribution is 2.37. The van der Waals surface area contributed by atoms with Gasteiger partial charge in [0.05, 0.1) is 28.8 Å². The molecule has 1 fully saturated rings. The molecular weight excluding hydrogens is 354 g/mol. The molecule has 5 rings (SSSR count). The molecule has 0 unspecified atom stereocenters. The van der Waals surface area contributed by atoms with E-state index >= 15 is 0 Å². The van der Waals surface area contributed by atoms with Crippen LogP contribution in [0, 0.1) is 18.3 Å². The van der Waals surface area contributed by atoms with Crippen molar-refractivity contribution < 1.29 is 9.47 Å². The number of pyridine rings is 1. The zero-order chi connectivity index (χ0) is 19.3. The summed E-state index contributed by atoms with van der Waals surface area (Å²) in [5.74, 6) is 1.74. The monoisotopic (exact) mass is 375 g/mol. The van der Waals surface area contributed by atoms with Crippen molar-refractivity contribution in [3.63, 3.8) is 0 Å². The molecule has 7 nitrogen and oxygen atoms in total. The van der Waals surface area contributed by atoms with Gasteiger partial charge in [-0.3, -0.25) is 4.90 Å². The van der Waals surface area contributed by atoms with E-state index in [9.17, 15) is 5.26 Å². The number of aromatic nitrogens is 3. The Bertz CT molecular complexity index is 1140. The van der Waals surface area contributed by atoms with Crippen LogP contribution in [0.1, 0.15) is 37.2 Å². The number of hydrogen-bond acceptors (Lipinski definition) is 6. The number of nitrogens with zero attached hydrogens (tertiary/aromatic N) is 5. The van der Waals surface area contributed by atoms with Crippen LogP contribution in [0.5, 0.6) is 0 Å². The van der Waals surface area contributed by atoms with E-state index in [0.29, 0.717) is 18.3 Å². The average Bonchev–Trinajstić information content (AvgIpc) is 3.34. The minimum Gasteiger partial charge on any atom is -0.479 e. The molecule has 2 aliphatic rings. The van der Waals surface area contributed by atoms with Gasteiger partial charge in [-0.1, -0.05) is 0 Å². The number of ether oxygens (including phenoxy) is 2. The van der Waals surface area contributed by atoms with Crippen LogP contribution in [0.15, 0.2) is 30.7 Å². The number of rotatable bonds is 2. The summed E-state index contributed by atoms with van der Waals surface area (Å²) in [5.41, 5.74) is 3.35. The average molecular weight is 375 g/mol. The lowest BCUT2D eigenvalue weighted by Crippen LogP contribution is -2.26. The predicted octanol–water partition coefficient (Wildman–Crippen LogP) is 3.77. The summed E-state index contributed by atoms with van der Waals surface area (Å²) < 4.78 is 13.5. The SMILES string of the molecule is Cc1nc2c(N3C=COC3)nc3ccc(C#N)cc3c2n1[C@@H]1CCO[C@H](C)C1. The van der Waals surface area contributed by atoms with Crippen molar-refractivity contribution in [3.05, 3.63) is 42.0 Å². The maximum atomic E-state index is 9.41. The van der Waals surface area contributed by atoms with E-state index in [-0.39, 0.29) is 6.10 Å². The van der Waals surface area contributed by atoms with E-state index in [1.807, 2.05) is 36.2 Å². The van der Waals surface area contributed by atoms with E-state index in [1.165, 1.54) is 0 Å². The number of hydrogen-bond donors (Lipinski definition) is 0. The summed E-state index contributed by atoms with van der Waals surface area (Å²) in [5, 5.41) is 10.4. The molecule has 0 N–H and O–H groups in total. The second-order valence-corrected chi connectivity index (χ2v) is 7.42. The van der Waals surface area contributed by atoms with E-state index < -0.39 is 0 Å². The van der Waals surface area contributed by atoms with Crippen LogP contribution in [0.25, 0.3) is 21.9 Å². The molecule has 0 bridgehead atoms. The van der Waals surface area contributed by atoms with Gasteiger partial charge >= 0.3 is 0 Å². The number of imidazole rings is 1. The van der Waals surface area contributed by atoms with Gasteiger partial charge in [0.15, 0.2) is 12.5 Å². The molecule has 1 saturated heterocycles. The van der Waals surface area contributed by atoms with Crippen molar-refractivity contribution in [2.45, 2.75) is 38.8 Å². The minimum absolute atomic E-state index is 0.216. The maximum absolute atomic E-state index is 9.41. The van der Waals surface area contributed by atoms with Gasteiger partial charge in [0.25, 0.3) is 0 Å². The second-order valence-electron chi connectivity index (χ2n) is 7.42. The van der Waals surface area contributed by atoms with Crippen molar-refractivity contribution in [2.75, 3.05) is 18.2 Å². The molecule has 0 saturated carbocycles. The van der Waals surface area contributed by atoms with Crippen LogP contribution < -0.4 is 4.90 Å². The molecule has 2 aromatic heterocycles. The highest BCUT2D eigenvalue weighted by molar-refractivity contribution is 6.07. The Labute approximate surface area is 162 Å². The van der Waals surface area contributed by atoms with Gasteiger partial charge in [0.2, 0.25) is 0 Å². The molecule has 1 aromatic carbocycles. The van der Waals surface area contributed by atoms with E-state index in [2.05, 4.69) is 17.6 Å². The van der Waals surface area contributed by atoms with Crippen molar-refractivity contribution in [3.8, 4) is 6.07 Å². The fraction of sp³-hybridized carbons (Fsp3) is 0.381. The molecule has 3 aromatic rings. The van der Waals surface area contributed by atoms with Gasteiger partial charge in [0, 0.05) is 24.2 Å². The minimum atomic E-state index is 0.216. The van der Waals surface area contributed by atoms with E-state index in [0.717, 1.165) is 53.0 Å². The van der Waals surface area contributed by atoms with E-state index in [1.54, 1.807) is 6.26 Å². The first kappa shape index (κ1) is 17.0. The molecule has 0 amide bonds. The summed E-state index contributed by atoms with van der Waals surface area (Å²) >= 11 is 0. The number of benzene rings is 1. The second kappa shape index (κ2) is 6.50. The van der Waals surface area contributed by atoms with Gasteiger partial charge in [0.1, 0.15) is 17.6 Å². The molecule has 4 heterocycles. The molecule has 0 aliphatic carbocycles. The third kappa shape index (κ3) is 2.60. The smallest absolute Gasteiger partial charge is 0.165 e. The molecule has 2 aliphatic heterocycles. The molecule has 142 valence electrons. The van der Waals surface area contributed by atoms with Gasteiger partial charge < -0.3 is 14.0 Å². The van der Waals surface area contributed by atoms with Crippen molar-refractivity contribution >= 4 is 27.8 Å². The fourth-order valence-electron chi connectivity index (χ4n) is 4.29. The third-order valence-corrected chi connectivity index (χ3v) is 5.55. The summed E-state index contributed by atoms with van der Waals surface area (Å²) in [6.07, 6.45) is 5.65. The molecule has 0 spiro atoms. The molecular formula is C21H21N5O2. The Kier molecular flexibility index (Phi) is 3.95. The quantitative estimate of drug-likeness (QED) is 0.679. The first-order chi connectivity index (χ1) is 13.7. The highest BCUT2D eigenvalue weighted by Gasteiger charge is 2.27. The summed E-state index contributed by atoms with van der Waals surface area (Å²) in [7, 11) is 0. The highest BCUT2D eigenvalue weighted by atomic mass is 16.5. The lowest BCUT2D eigenvalue weighted by Gasteiger charge is -2.29. The lowest BCUT2D eigenvalue weighted by molar-refractivity contribution is 0.00640. The maximum Gasteiger partial charge on any atom is 0.165 e. The zero-order valence-electron chi connectivity index (χ0n) is 15.9. The van der Waals surface area contributed by atoms with Crippen LogP contribution in [0.4, 0.5) is 5.82 Å². The molecule has 2 atom stereocenters. The van der Waals surface area contributed by atoms with Crippen molar-refractivity contribution in [2.24, 2.45) is 0 Å². The zero-order valence-corrected chi connectivity index (χ0v) is 15.9. The number of fused-ring (bicyclic) bond motifs is 3. The predicted molar refractivity (Wildman–Crippen MR) is 106 cm³/mol. The Balaban J connectivity index is 1.83. The standard InChI is InChI=1S/C21H21N5O2/c1-13-9-16(5-7-28-13)26-14(2)23-19-20(26)17-10-15(11-22)3-4-18(17)24-21(19)25-6-8-27-12-25/h3-4,6,8,10,13,16H,5,7,9,12H2,1-2H3/t13-,16-/m1/s1. The van der Waals surface area contributed by atoms with Gasteiger partial charge in [-0.05, 0) is 44.9 Å². The third-order valence-electron chi connectivity index (χ3n) is 5.55. The van der Waals surface area contributed by atoms with Gasteiger partial charge in [-0.2, -0.15) is 5.26 Å². The largest absolute Gasteiger partial charge is 0.479 e. The van der Waals surface area contributed by atoms with Crippen molar-refractivity contribution in [1.29, 1.82) is 5.26 Å². The van der Waals surface area contributed by atoms with Crippen LogP contribution >= 0.6 is 0 Å². The first-order valence-corrected chi connectivity index (χ1v) is 9.54. The molecule has 28 heavy (non-hydrogen) atoms. The number of anilines is 1. The van der Waals surface area contributed by atoms with Gasteiger partial charge in [-0.15, -0.1) is 0 Å². The van der Waals surface area contributed by atoms with Gasteiger partial charge in [-0.25, -0.2) is 9.97 Å². The van der Waals surface area contributed by atoms with Crippen molar-refractivity contribution in [1.82, 2.24) is 14.5 Å². The summed E-state index contributed by atoms with van der Waals surface area (Å²) in [6, 6.07) is 8.20. The Morgan fingerprint density at radius 1 is 1.29 bits per heavy atom. The summed E-state index contributed by atoms with van der Waals surface area (Å²) in [4.78, 5) is 11.7. The summed E-state index contributed by atoms with van der Waals surface area (Å²) in [6.45, 7) is 5.32. The topological polar surface area (TPSA) is 76.2 Å². The Hall–Kier alpha value is -3.11. The first-order valence-electron chi connectivity index (χ1n) is 9.54. The van der Waals surface area contributed by atoms with Crippen LogP contribution in [-0.2, 0) is 9.47 Å². The molecule has 7 heteroatoms. The Morgan fingerprint density at radius 3 is 2.93 bits per heavy atom. The van der Waals surface area contributed by atoms with E-state index in [4.69, 9.17) is 19.4 Å². The van der Waals surface area contributed by atoms with Crippen LogP contribution in [0.3, 0.4) is 0 Å². The normalized spacial score (nSPS) is 22.0. The number of nitriles is 1. The molecule has 0 radical (unpaired) electrons.